The summed E-state index contributed by atoms with van der Waals surface area (Å²) < 4.78 is 22.3. The number of halogens is 1. The zero-order valence-electron chi connectivity index (χ0n) is 13.3. The molecular weight excluding hydrogens is 400 g/mol. The average molecular weight is 415 g/mol. The third-order valence-corrected chi connectivity index (χ3v) is 6.87. The Hall–Kier alpha value is -1.35. The van der Waals surface area contributed by atoms with E-state index in [4.69, 9.17) is 11.6 Å². The minimum absolute atomic E-state index is 0.111. The fraction of sp³-hybridized carbons (Fsp3) is 0.250. The van der Waals surface area contributed by atoms with Gasteiger partial charge >= 0.3 is 0 Å². The number of aromatic nitrogens is 2. The molecule has 0 aliphatic rings. The van der Waals surface area contributed by atoms with Crippen LogP contribution in [0, 0.1) is 0 Å². The van der Waals surface area contributed by atoms with Crippen molar-refractivity contribution in [2.24, 2.45) is 0 Å². The van der Waals surface area contributed by atoms with E-state index in [1.165, 1.54) is 29.4 Å². The molecule has 0 atom stereocenters. The second-order valence-electron chi connectivity index (χ2n) is 5.50. The van der Waals surface area contributed by atoms with Crippen LogP contribution in [-0.4, -0.2) is 36.1 Å². The molecule has 0 spiro atoms. The highest BCUT2D eigenvalue weighted by Crippen LogP contribution is 2.34. The topological polar surface area (TPSA) is 79.9 Å². The summed E-state index contributed by atoms with van der Waals surface area (Å²) >= 11 is 9.06. The van der Waals surface area contributed by atoms with Gasteiger partial charge < -0.3 is 4.98 Å². The number of hydrogen-bond acceptors (Lipinski definition) is 6. The van der Waals surface area contributed by atoms with E-state index in [1.807, 2.05) is 23.6 Å². The molecular formula is C16H15ClN2O3S3. The molecule has 0 bridgehead atoms. The van der Waals surface area contributed by atoms with Crippen molar-refractivity contribution < 1.29 is 8.42 Å². The normalized spacial score (nSPS) is 11.9. The minimum atomic E-state index is -2.98. The van der Waals surface area contributed by atoms with Crippen molar-refractivity contribution in [3.8, 4) is 11.1 Å². The van der Waals surface area contributed by atoms with E-state index in [0.717, 1.165) is 11.1 Å². The molecule has 2 aromatic heterocycles. The maximum absolute atomic E-state index is 12.5. The lowest BCUT2D eigenvalue weighted by Gasteiger charge is -2.04. The lowest BCUT2D eigenvalue weighted by molar-refractivity contribution is 0.603. The molecule has 1 aromatic carbocycles. The maximum Gasteiger partial charge on any atom is 0.260 e. The lowest BCUT2D eigenvalue weighted by atomic mass is 10.1. The molecule has 0 saturated carbocycles. The van der Waals surface area contributed by atoms with E-state index in [-0.39, 0.29) is 11.3 Å². The Bertz CT molecular complexity index is 1070. The van der Waals surface area contributed by atoms with E-state index in [2.05, 4.69) is 9.97 Å². The van der Waals surface area contributed by atoms with Gasteiger partial charge in [-0.1, -0.05) is 29.8 Å². The first-order valence-electron chi connectivity index (χ1n) is 7.36. The number of H-pyrrole nitrogens is 1. The number of aromatic amines is 1. The standard InChI is InChI=1S/C16H15ClN2O3S3/c1-25(21,22)7-6-23-9-13-18-15(20)14-11(8-24-16(14)19-13)10-4-2-3-5-12(10)17/h2-5,8H,6-7,9H2,1H3,(H,18,19,20). The van der Waals surface area contributed by atoms with Gasteiger partial charge in [0, 0.05) is 33.5 Å². The van der Waals surface area contributed by atoms with Crippen LogP contribution in [0.5, 0.6) is 0 Å². The molecule has 9 heteroatoms. The van der Waals surface area contributed by atoms with Crippen LogP contribution < -0.4 is 5.56 Å². The predicted octanol–water partition coefficient (Wildman–Crippen LogP) is 3.58. The number of thiophene rings is 1. The number of rotatable bonds is 6. The Morgan fingerprint density at radius 1 is 1.28 bits per heavy atom. The Balaban J connectivity index is 1.87. The second-order valence-corrected chi connectivity index (χ2v) is 10.1. The largest absolute Gasteiger partial charge is 0.309 e. The van der Waals surface area contributed by atoms with Gasteiger partial charge in [0.1, 0.15) is 20.5 Å². The summed E-state index contributed by atoms with van der Waals surface area (Å²) in [6, 6.07) is 7.38. The van der Waals surface area contributed by atoms with Crippen LogP contribution in [0.15, 0.2) is 34.4 Å². The molecule has 132 valence electrons. The summed E-state index contributed by atoms with van der Waals surface area (Å²) in [4.78, 5) is 20.5. The van der Waals surface area contributed by atoms with Crippen molar-refractivity contribution in [1.82, 2.24) is 9.97 Å². The number of thioether (sulfide) groups is 1. The van der Waals surface area contributed by atoms with Crippen LogP contribution in [0.2, 0.25) is 5.02 Å². The highest BCUT2D eigenvalue weighted by Gasteiger charge is 2.14. The van der Waals surface area contributed by atoms with E-state index < -0.39 is 9.84 Å². The van der Waals surface area contributed by atoms with Crippen molar-refractivity contribution in [2.45, 2.75) is 5.75 Å². The van der Waals surface area contributed by atoms with Gasteiger partial charge in [-0.3, -0.25) is 4.79 Å². The quantitative estimate of drug-likeness (QED) is 0.623. The van der Waals surface area contributed by atoms with Gasteiger partial charge in [-0.25, -0.2) is 13.4 Å². The molecule has 5 nitrogen and oxygen atoms in total. The molecule has 0 unspecified atom stereocenters. The number of sulfone groups is 1. The smallest absolute Gasteiger partial charge is 0.260 e. The SMILES string of the molecule is CS(=O)(=O)CCSCc1nc2scc(-c3ccccc3Cl)c2c(=O)[nH]1. The van der Waals surface area contributed by atoms with Crippen molar-refractivity contribution in [1.29, 1.82) is 0 Å². The molecule has 2 heterocycles. The van der Waals surface area contributed by atoms with Crippen LogP contribution in [0.3, 0.4) is 0 Å². The van der Waals surface area contributed by atoms with Gasteiger partial charge in [-0.05, 0) is 6.07 Å². The highest BCUT2D eigenvalue weighted by molar-refractivity contribution is 7.99. The van der Waals surface area contributed by atoms with Crippen molar-refractivity contribution in [2.75, 3.05) is 17.8 Å². The Kier molecular flexibility index (Phi) is 5.52. The molecule has 0 amide bonds. The van der Waals surface area contributed by atoms with E-state index in [1.54, 1.807) is 6.07 Å². The van der Waals surface area contributed by atoms with Gasteiger partial charge in [-0.2, -0.15) is 11.8 Å². The van der Waals surface area contributed by atoms with Gasteiger partial charge in [-0.15, -0.1) is 11.3 Å². The third kappa shape index (κ3) is 4.44. The van der Waals surface area contributed by atoms with E-state index in [0.29, 0.717) is 32.6 Å². The fourth-order valence-electron chi connectivity index (χ4n) is 2.32. The van der Waals surface area contributed by atoms with Crippen LogP contribution in [0.4, 0.5) is 0 Å². The lowest BCUT2D eigenvalue weighted by Crippen LogP contribution is -2.11. The summed E-state index contributed by atoms with van der Waals surface area (Å²) in [5.41, 5.74) is 1.37. The first-order valence-corrected chi connectivity index (χ1v) is 11.8. The molecule has 0 fully saturated rings. The maximum atomic E-state index is 12.5. The van der Waals surface area contributed by atoms with Crippen molar-refractivity contribution >= 4 is 54.8 Å². The molecule has 3 rings (SSSR count). The first kappa shape index (κ1) is 18.4. The van der Waals surface area contributed by atoms with Crippen LogP contribution in [0.25, 0.3) is 21.3 Å². The molecule has 0 saturated heterocycles. The Morgan fingerprint density at radius 2 is 2.04 bits per heavy atom. The van der Waals surface area contributed by atoms with Gasteiger partial charge in [0.25, 0.3) is 5.56 Å². The molecule has 25 heavy (non-hydrogen) atoms. The Labute approximate surface area is 158 Å². The molecule has 0 radical (unpaired) electrons. The zero-order chi connectivity index (χ0) is 18.0. The van der Waals surface area contributed by atoms with Crippen molar-refractivity contribution in [3.63, 3.8) is 0 Å². The Morgan fingerprint density at radius 3 is 2.76 bits per heavy atom. The van der Waals surface area contributed by atoms with Crippen LogP contribution in [0.1, 0.15) is 5.82 Å². The predicted molar refractivity (Wildman–Crippen MR) is 107 cm³/mol. The number of nitrogens with one attached hydrogen (secondary N) is 1. The summed E-state index contributed by atoms with van der Waals surface area (Å²) in [7, 11) is -2.98. The summed E-state index contributed by atoms with van der Waals surface area (Å²) in [6.07, 6.45) is 1.21. The van der Waals surface area contributed by atoms with E-state index in [9.17, 15) is 13.2 Å². The number of hydrogen-bond donors (Lipinski definition) is 1. The first-order chi connectivity index (χ1) is 11.8. The summed E-state index contributed by atoms with van der Waals surface area (Å²) in [6.45, 7) is 0. The van der Waals surface area contributed by atoms with Crippen LogP contribution >= 0.6 is 34.7 Å². The number of nitrogens with zero attached hydrogens (tertiary/aromatic N) is 1. The number of benzene rings is 1. The molecule has 0 aliphatic heterocycles. The third-order valence-electron chi connectivity index (χ3n) is 3.49. The van der Waals surface area contributed by atoms with Gasteiger partial charge in [0.05, 0.1) is 16.9 Å². The molecule has 1 N–H and O–H groups in total. The van der Waals surface area contributed by atoms with Gasteiger partial charge in [0.2, 0.25) is 0 Å². The molecule has 0 aliphatic carbocycles. The average Bonchev–Trinajstić information content (AvgIpc) is 2.95. The molecule has 3 aromatic rings. The minimum Gasteiger partial charge on any atom is -0.309 e. The van der Waals surface area contributed by atoms with Gasteiger partial charge in [0.15, 0.2) is 0 Å². The van der Waals surface area contributed by atoms with Crippen LogP contribution in [-0.2, 0) is 15.6 Å². The monoisotopic (exact) mass is 414 g/mol. The fourth-order valence-corrected chi connectivity index (χ4v) is 5.67. The number of fused-ring (bicyclic) bond motifs is 1. The second kappa shape index (κ2) is 7.49. The van der Waals surface area contributed by atoms with Crippen molar-refractivity contribution in [3.05, 3.63) is 50.8 Å². The highest BCUT2D eigenvalue weighted by atomic mass is 35.5. The summed E-state index contributed by atoms with van der Waals surface area (Å²) in [5.74, 6) is 1.58. The zero-order valence-corrected chi connectivity index (χ0v) is 16.5. The van der Waals surface area contributed by atoms with E-state index >= 15 is 0 Å². The summed E-state index contributed by atoms with van der Waals surface area (Å²) in [5, 5.41) is 3.00.